The molecule has 6 nitrogen and oxygen atoms in total. The van der Waals surface area contributed by atoms with Gasteiger partial charge in [0.1, 0.15) is 0 Å². The van der Waals surface area contributed by atoms with E-state index in [2.05, 4.69) is 16.5 Å². The Labute approximate surface area is 123 Å². The van der Waals surface area contributed by atoms with Gasteiger partial charge in [-0.3, -0.25) is 4.90 Å². The number of nitrogens with two attached hydrogens (primary N) is 1. The summed E-state index contributed by atoms with van der Waals surface area (Å²) in [4.78, 5) is 2.39. The van der Waals surface area contributed by atoms with Gasteiger partial charge in [-0.05, 0) is 46.2 Å². The van der Waals surface area contributed by atoms with Gasteiger partial charge in [-0.15, -0.1) is 0 Å². The Balaban J connectivity index is 2.63. The van der Waals surface area contributed by atoms with Gasteiger partial charge in [0, 0.05) is 31.7 Å². The van der Waals surface area contributed by atoms with E-state index in [0.29, 0.717) is 25.7 Å². The molecule has 0 aromatic heterocycles. The van der Waals surface area contributed by atoms with Gasteiger partial charge in [0.2, 0.25) is 0 Å². The summed E-state index contributed by atoms with van der Waals surface area (Å²) in [5, 5.41) is 0. The van der Waals surface area contributed by atoms with Crippen molar-refractivity contribution in [3.63, 3.8) is 0 Å². The molecule has 0 spiro atoms. The lowest BCUT2D eigenvalue weighted by Crippen LogP contribution is -2.45. The van der Waals surface area contributed by atoms with Gasteiger partial charge in [-0.25, -0.2) is 0 Å². The van der Waals surface area contributed by atoms with E-state index in [1.165, 1.54) is 0 Å². The summed E-state index contributed by atoms with van der Waals surface area (Å²) in [5.41, 5.74) is 5.66. The van der Waals surface area contributed by atoms with E-state index >= 15 is 0 Å². The molecule has 0 radical (unpaired) electrons. The Hall–Kier alpha value is -0.210. The van der Waals surface area contributed by atoms with Gasteiger partial charge in [0.25, 0.3) is 10.2 Å². The van der Waals surface area contributed by atoms with Crippen molar-refractivity contribution < 1.29 is 8.42 Å². The van der Waals surface area contributed by atoms with Crippen LogP contribution in [0.1, 0.15) is 40.0 Å². The van der Waals surface area contributed by atoms with E-state index in [9.17, 15) is 8.42 Å². The van der Waals surface area contributed by atoms with Crippen molar-refractivity contribution in [2.24, 2.45) is 5.73 Å². The van der Waals surface area contributed by atoms with Crippen LogP contribution < -0.4 is 10.5 Å². The fourth-order valence-corrected chi connectivity index (χ4v) is 4.17. The van der Waals surface area contributed by atoms with Crippen LogP contribution in [-0.2, 0) is 10.2 Å². The fraction of sp³-hybridized carbons (Fsp3) is 1.00. The second kappa shape index (κ2) is 8.29. The van der Waals surface area contributed by atoms with Crippen molar-refractivity contribution in [2.75, 3.05) is 32.7 Å². The van der Waals surface area contributed by atoms with Crippen LogP contribution in [0.4, 0.5) is 0 Å². The van der Waals surface area contributed by atoms with Gasteiger partial charge in [-0.2, -0.15) is 17.4 Å². The number of hydrogen-bond donors (Lipinski definition) is 2. The summed E-state index contributed by atoms with van der Waals surface area (Å²) in [6.07, 6.45) is 2.92. The minimum absolute atomic E-state index is 0.0695. The van der Waals surface area contributed by atoms with Crippen LogP contribution in [0, 0.1) is 0 Å². The summed E-state index contributed by atoms with van der Waals surface area (Å²) in [6.45, 7) is 9.43. The highest BCUT2D eigenvalue weighted by molar-refractivity contribution is 7.87. The molecule has 0 aliphatic carbocycles. The quantitative estimate of drug-likeness (QED) is 0.712. The fourth-order valence-electron chi connectivity index (χ4n) is 2.73. The molecule has 1 atom stereocenters. The zero-order valence-corrected chi connectivity index (χ0v) is 13.8. The minimum Gasteiger partial charge on any atom is -0.330 e. The molecule has 1 fully saturated rings. The van der Waals surface area contributed by atoms with Gasteiger partial charge in [-0.1, -0.05) is 6.92 Å². The van der Waals surface area contributed by atoms with Gasteiger partial charge < -0.3 is 5.73 Å². The van der Waals surface area contributed by atoms with E-state index in [-0.39, 0.29) is 6.04 Å². The van der Waals surface area contributed by atoms with E-state index in [1.807, 2.05) is 13.8 Å². The molecular formula is C13H30N4O2S. The molecule has 0 bridgehead atoms. The van der Waals surface area contributed by atoms with Crippen molar-refractivity contribution in [1.29, 1.82) is 0 Å². The summed E-state index contributed by atoms with van der Waals surface area (Å²) in [6, 6.07) is 0.403. The molecule has 0 aromatic carbocycles. The maximum atomic E-state index is 12.2. The Bertz CT molecular complexity index is 373. The highest BCUT2D eigenvalue weighted by Gasteiger charge is 2.27. The smallest absolute Gasteiger partial charge is 0.279 e. The van der Waals surface area contributed by atoms with Crippen LogP contribution in [-0.4, -0.2) is 62.4 Å². The number of hydrogen-bond acceptors (Lipinski definition) is 4. The normalized spacial score (nSPS) is 21.1. The predicted octanol–water partition coefficient (Wildman–Crippen LogP) is 0.364. The largest absolute Gasteiger partial charge is 0.330 e. The average molecular weight is 306 g/mol. The van der Waals surface area contributed by atoms with Crippen LogP contribution in [0.3, 0.4) is 0 Å². The second-order valence-corrected chi connectivity index (χ2v) is 7.41. The van der Waals surface area contributed by atoms with Crippen LogP contribution in [0.2, 0.25) is 0 Å². The van der Waals surface area contributed by atoms with Crippen LogP contribution >= 0.6 is 0 Å². The van der Waals surface area contributed by atoms with Crippen molar-refractivity contribution in [2.45, 2.75) is 52.1 Å². The third-order valence-electron chi connectivity index (χ3n) is 3.70. The first-order valence-corrected chi connectivity index (χ1v) is 9.06. The average Bonchev–Trinajstić information content (AvgIpc) is 2.60. The molecule has 20 heavy (non-hydrogen) atoms. The highest BCUT2D eigenvalue weighted by Crippen LogP contribution is 2.14. The Morgan fingerprint density at radius 1 is 1.20 bits per heavy atom. The highest BCUT2D eigenvalue weighted by atomic mass is 32.2. The van der Waals surface area contributed by atoms with Gasteiger partial charge in [0.15, 0.2) is 0 Å². The van der Waals surface area contributed by atoms with Gasteiger partial charge in [0.05, 0.1) is 0 Å². The standard InChI is InChI=1S/C13H30N4O2S/c1-4-13(6-7-14)16-8-5-9-17(11-10-16)20(18,19)15-12(2)3/h12-13,15H,4-11,14H2,1-3H3. The van der Waals surface area contributed by atoms with Crippen molar-refractivity contribution in [1.82, 2.24) is 13.9 Å². The summed E-state index contributed by atoms with van der Waals surface area (Å²) in [7, 11) is -3.34. The molecule has 1 aliphatic heterocycles. The van der Waals surface area contributed by atoms with Gasteiger partial charge >= 0.3 is 0 Å². The number of nitrogens with zero attached hydrogens (tertiary/aromatic N) is 2. The van der Waals surface area contributed by atoms with Crippen LogP contribution in [0.15, 0.2) is 0 Å². The van der Waals surface area contributed by atoms with Crippen molar-refractivity contribution in [3.8, 4) is 0 Å². The number of nitrogens with one attached hydrogen (secondary N) is 1. The summed E-state index contributed by atoms with van der Waals surface area (Å²) in [5.74, 6) is 0. The second-order valence-electron chi connectivity index (χ2n) is 5.71. The Kier molecular flexibility index (Phi) is 7.39. The van der Waals surface area contributed by atoms with Crippen LogP contribution in [0.5, 0.6) is 0 Å². The third-order valence-corrected chi connectivity index (χ3v) is 5.52. The lowest BCUT2D eigenvalue weighted by molar-refractivity contribution is 0.192. The molecule has 1 unspecified atom stereocenters. The zero-order chi connectivity index (χ0) is 15.2. The maximum absolute atomic E-state index is 12.2. The van der Waals surface area contributed by atoms with E-state index in [1.54, 1.807) is 4.31 Å². The molecule has 7 heteroatoms. The molecule has 1 saturated heterocycles. The molecular weight excluding hydrogens is 276 g/mol. The van der Waals surface area contributed by atoms with Crippen LogP contribution in [0.25, 0.3) is 0 Å². The lowest BCUT2D eigenvalue weighted by Gasteiger charge is -2.29. The first kappa shape index (κ1) is 17.8. The van der Waals surface area contributed by atoms with Crippen molar-refractivity contribution >= 4 is 10.2 Å². The maximum Gasteiger partial charge on any atom is 0.279 e. The van der Waals surface area contributed by atoms with E-state index in [4.69, 9.17) is 5.73 Å². The third kappa shape index (κ3) is 5.29. The first-order chi connectivity index (χ1) is 9.40. The Morgan fingerprint density at radius 2 is 1.90 bits per heavy atom. The summed E-state index contributed by atoms with van der Waals surface area (Å²) >= 11 is 0. The Morgan fingerprint density at radius 3 is 2.45 bits per heavy atom. The molecule has 1 rings (SSSR count). The van der Waals surface area contributed by atoms with Crippen molar-refractivity contribution in [3.05, 3.63) is 0 Å². The molecule has 1 aliphatic rings. The minimum atomic E-state index is -3.34. The van der Waals surface area contributed by atoms with E-state index < -0.39 is 10.2 Å². The molecule has 0 amide bonds. The molecule has 120 valence electrons. The molecule has 0 aromatic rings. The topological polar surface area (TPSA) is 78.7 Å². The zero-order valence-electron chi connectivity index (χ0n) is 13.0. The monoisotopic (exact) mass is 306 g/mol. The first-order valence-electron chi connectivity index (χ1n) is 7.62. The summed E-state index contributed by atoms with van der Waals surface area (Å²) < 4.78 is 28.6. The van der Waals surface area contributed by atoms with E-state index in [0.717, 1.165) is 32.4 Å². The molecule has 0 saturated carbocycles. The lowest BCUT2D eigenvalue weighted by atomic mass is 10.1. The SMILES string of the molecule is CCC(CCN)N1CCCN(S(=O)(=O)NC(C)C)CC1. The number of rotatable bonds is 7. The molecule has 3 N–H and O–H groups in total. The predicted molar refractivity (Wildman–Crippen MR) is 82.7 cm³/mol. The molecule has 1 heterocycles.